The second kappa shape index (κ2) is 8.54. The van der Waals surface area contributed by atoms with Crippen LogP contribution in [0.2, 0.25) is 10.0 Å². The summed E-state index contributed by atoms with van der Waals surface area (Å²) in [5.41, 5.74) is 1.96. The first kappa shape index (κ1) is 20.0. The smallest absolute Gasteiger partial charge is 0.341 e. The molecule has 146 valence electrons. The van der Waals surface area contributed by atoms with Gasteiger partial charge < -0.3 is 19.5 Å². The van der Waals surface area contributed by atoms with Crippen LogP contribution in [0.3, 0.4) is 0 Å². The Morgan fingerprint density at radius 3 is 2.46 bits per heavy atom. The van der Waals surface area contributed by atoms with E-state index in [9.17, 15) is 4.79 Å². The number of anilines is 2. The largest absolute Gasteiger partial charge is 0.493 e. The lowest BCUT2D eigenvalue weighted by Crippen LogP contribution is -2.09. The summed E-state index contributed by atoms with van der Waals surface area (Å²) in [7, 11) is 3.08. The second-order valence-corrected chi connectivity index (χ2v) is 6.58. The highest BCUT2D eigenvalue weighted by Crippen LogP contribution is 2.38. The van der Waals surface area contributed by atoms with Gasteiger partial charge in [-0.1, -0.05) is 23.2 Å². The van der Waals surface area contributed by atoms with Crippen LogP contribution in [0.25, 0.3) is 10.9 Å². The molecule has 0 bridgehead atoms. The third-order valence-corrected chi connectivity index (χ3v) is 4.61. The molecule has 0 amide bonds. The van der Waals surface area contributed by atoms with E-state index in [-0.39, 0.29) is 12.2 Å². The average molecular weight is 421 g/mol. The van der Waals surface area contributed by atoms with E-state index in [1.807, 2.05) is 0 Å². The summed E-state index contributed by atoms with van der Waals surface area (Å²) < 4.78 is 15.9. The zero-order valence-electron chi connectivity index (χ0n) is 15.5. The molecular weight excluding hydrogens is 403 g/mol. The molecule has 0 aliphatic rings. The van der Waals surface area contributed by atoms with Crippen molar-refractivity contribution < 1.29 is 19.0 Å². The molecule has 1 heterocycles. The first-order valence-corrected chi connectivity index (χ1v) is 9.18. The Kier molecular flexibility index (Phi) is 6.11. The number of methoxy groups -OCH3 is 2. The molecule has 3 aromatic rings. The number of ether oxygens (including phenoxy) is 3. The zero-order valence-corrected chi connectivity index (χ0v) is 17.0. The maximum atomic E-state index is 12.5. The van der Waals surface area contributed by atoms with Gasteiger partial charge in [0.1, 0.15) is 5.56 Å². The second-order valence-electron chi connectivity index (χ2n) is 5.74. The number of hydrogen-bond donors (Lipinski definition) is 1. The van der Waals surface area contributed by atoms with Gasteiger partial charge in [0.15, 0.2) is 11.5 Å². The van der Waals surface area contributed by atoms with Crippen LogP contribution >= 0.6 is 23.2 Å². The number of carbonyl (C=O) groups excluding carboxylic acids is 1. The van der Waals surface area contributed by atoms with Crippen molar-refractivity contribution >= 4 is 51.4 Å². The van der Waals surface area contributed by atoms with E-state index in [1.165, 1.54) is 13.3 Å². The molecule has 0 saturated carbocycles. The number of pyridine rings is 1. The lowest BCUT2D eigenvalue weighted by molar-refractivity contribution is 0.0527. The lowest BCUT2D eigenvalue weighted by Gasteiger charge is -2.17. The van der Waals surface area contributed by atoms with Gasteiger partial charge >= 0.3 is 5.97 Å². The van der Waals surface area contributed by atoms with E-state index in [1.54, 1.807) is 44.4 Å². The topological polar surface area (TPSA) is 69.7 Å². The van der Waals surface area contributed by atoms with E-state index in [2.05, 4.69) is 10.3 Å². The van der Waals surface area contributed by atoms with E-state index < -0.39 is 5.97 Å². The van der Waals surface area contributed by atoms with Gasteiger partial charge in [-0.15, -0.1) is 0 Å². The van der Waals surface area contributed by atoms with Crippen molar-refractivity contribution in [2.45, 2.75) is 6.92 Å². The fraction of sp³-hybridized carbons (Fsp3) is 0.200. The van der Waals surface area contributed by atoms with Gasteiger partial charge in [-0.2, -0.15) is 0 Å². The van der Waals surface area contributed by atoms with Crippen LogP contribution in [0.5, 0.6) is 11.5 Å². The Morgan fingerprint density at radius 2 is 1.82 bits per heavy atom. The zero-order chi connectivity index (χ0) is 20.3. The normalized spacial score (nSPS) is 10.6. The highest BCUT2D eigenvalue weighted by Gasteiger charge is 2.20. The predicted octanol–water partition coefficient (Wildman–Crippen LogP) is 5.48. The minimum Gasteiger partial charge on any atom is -0.493 e. The van der Waals surface area contributed by atoms with E-state index >= 15 is 0 Å². The van der Waals surface area contributed by atoms with Crippen molar-refractivity contribution in [2.75, 3.05) is 26.1 Å². The van der Waals surface area contributed by atoms with E-state index in [4.69, 9.17) is 37.4 Å². The van der Waals surface area contributed by atoms with Crippen molar-refractivity contribution in [3.8, 4) is 11.5 Å². The van der Waals surface area contributed by atoms with Crippen LogP contribution in [-0.4, -0.2) is 31.8 Å². The summed E-state index contributed by atoms with van der Waals surface area (Å²) in [5.74, 6) is 0.532. The summed E-state index contributed by atoms with van der Waals surface area (Å²) in [4.78, 5) is 16.9. The molecule has 3 rings (SSSR count). The van der Waals surface area contributed by atoms with Crippen LogP contribution in [-0.2, 0) is 4.74 Å². The van der Waals surface area contributed by atoms with Crippen molar-refractivity contribution in [2.24, 2.45) is 0 Å². The maximum absolute atomic E-state index is 12.5. The highest BCUT2D eigenvalue weighted by atomic mass is 35.5. The first-order valence-electron chi connectivity index (χ1n) is 8.42. The average Bonchev–Trinajstić information content (AvgIpc) is 2.69. The molecule has 0 saturated heterocycles. The molecule has 0 aliphatic heterocycles. The van der Waals surface area contributed by atoms with Gasteiger partial charge in [0, 0.05) is 22.7 Å². The number of esters is 1. The van der Waals surface area contributed by atoms with E-state index in [0.29, 0.717) is 43.8 Å². The van der Waals surface area contributed by atoms with Gasteiger partial charge in [-0.3, -0.25) is 4.98 Å². The van der Waals surface area contributed by atoms with Gasteiger partial charge in [-0.05, 0) is 31.2 Å². The number of rotatable bonds is 6. The summed E-state index contributed by atoms with van der Waals surface area (Å²) >= 11 is 12.3. The number of halogens is 2. The van der Waals surface area contributed by atoms with Gasteiger partial charge in [0.2, 0.25) is 0 Å². The monoisotopic (exact) mass is 420 g/mol. The standard InChI is InChI=1S/C20H18Cl2N2O4/c1-4-28-20(25)13-10-23-16-9-18(27-3)17(26-2)8-12(16)19(13)24-15-6-5-11(21)7-14(15)22/h5-10H,4H2,1-3H3,(H,23,24). The lowest BCUT2D eigenvalue weighted by atomic mass is 10.1. The highest BCUT2D eigenvalue weighted by molar-refractivity contribution is 6.36. The molecule has 0 unspecified atom stereocenters. The number of fused-ring (bicyclic) bond motifs is 1. The molecule has 6 nitrogen and oxygen atoms in total. The Hall–Kier alpha value is -2.70. The number of aromatic nitrogens is 1. The van der Waals surface area contributed by atoms with Crippen LogP contribution in [0.4, 0.5) is 11.4 Å². The van der Waals surface area contributed by atoms with Gasteiger partial charge in [0.25, 0.3) is 0 Å². The minimum absolute atomic E-state index is 0.240. The molecule has 0 spiro atoms. The van der Waals surface area contributed by atoms with Crippen molar-refractivity contribution in [1.29, 1.82) is 0 Å². The van der Waals surface area contributed by atoms with Gasteiger partial charge in [-0.25, -0.2) is 4.79 Å². The van der Waals surface area contributed by atoms with Crippen molar-refractivity contribution in [1.82, 2.24) is 4.98 Å². The molecule has 8 heteroatoms. The first-order chi connectivity index (χ1) is 13.5. The molecule has 0 radical (unpaired) electrons. The Morgan fingerprint density at radius 1 is 1.11 bits per heavy atom. The number of nitrogens with one attached hydrogen (secondary N) is 1. The molecular formula is C20H18Cl2N2O4. The fourth-order valence-corrected chi connectivity index (χ4v) is 3.20. The van der Waals surface area contributed by atoms with Gasteiger partial charge in [0.05, 0.1) is 42.7 Å². The van der Waals surface area contributed by atoms with Crippen molar-refractivity contribution in [3.05, 3.63) is 52.1 Å². The molecule has 1 N–H and O–H groups in total. The molecule has 1 aromatic heterocycles. The van der Waals surface area contributed by atoms with Crippen LogP contribution in [0, 0.1) is 0 Å². The molecule has 0 aliphatic carbocycles. The summed E-state index contributed by atoms with van der Waals surface area (Å²) in [6.07, 6.45) is 1.46. The summed E-state index contributed by atoms with van der Waals surface area (Å²) in [6, 6.07) is 8.52. The fourth-order valence-electron chi connectivity index (χ4n) is 2.74. The summed E-state index contributed by atoms with van der Waals surface area (Å²) in [6.45, 7) is 1.98. The SMILES string of the molecule is CCOC(=O)c1cnc2cc(OC)c(OC)cc2c1Nc1ccc(Cl)cc1Cl. The van der Waals surface area contributed by atoms with Crippen molar-refractivity contribution in [3.63, 3.8) is 0 Å². The Labute approximate surface area is 172 Å². The van der Waals surface area contributed by atoms with Crippen LogP contribution in [0.15, 0.2) is 36.5 Å². The maximum Gasteiger partial charge on any atom is 0.341 e. The minimum atomic E-state index is -0.501. The quantitative estimate of drug-likeness (QED) is 0.532. The van der Waals surface area contributed by atoms with E-state index in [0.717, 1.165) is 0 Å². The predicted molar refractivity (Wildman–Crippen MR) is 111 cm³/mol. The molecule has 2 aromatic carbocycles. The molecule has 28 heavy (non-hydrogen) atoms. The number of benzene rings is 2. The Balaban J connectivity index is 2.24. The third kappa shape index (κ3) is 3.93. The molecule has 0 fully saturated rings. The number of carbonyl (C=O) groups is 1. The number of hydrogen-bond acceptors (Lipinski definition) is 6. The van der Waals surface area contributed by atoms with Crippen LogP contribution < -0.4 is 14.8 Å². The number of nitrogens with zero attached hydrogens (tertiary/aromatic N) is 1. The molecule has 0 atom stereocenters. The Bertz CT molecular complexity index is 1040. The summed E-state index contributed by atoms with van der Waals surface area (Å²) in [5, 5.41) is 4.78. The third-order valence-electron chi connectivity index (χ3n) is 4.06. The van der Waals surface area contributed by atoms with Crippen LogP contribution in [0.1, 0.15) is 17.3 Å².